The van der Waals surface area contributed by atoms with Crippen molar-refractivity contribution in [1.29, 1.82) is 0 Å². The Bertz CT molecular complexity index is 819. The molecule has 3 rings (SSSR count). The van der Waals surface area contributed by atoms with Gasteiger partial charge in [0, 0.05) is 19.1 Å². The average molecular weight is 409 g/mol. The summed E-state index contributed by atoms with van der Waals surface area (Å²) in [6, 6.07) is 18.6. The number of nitrogens with zero attached hydrogens (tertiary/aromatic N) is 1. The van der Waals surface area contributed by atoms with Crippen molar-refractivity contribution in [3.8, 4) is 5.75 Å². The molecule has 0 aliphatic heterocycles. The van der Waals surface area contributed by atoms with Crippen LogP contribution in [0.4, 0.5) is 0 Å². The van der Waals surface area contributed by atoms with E-state index >= 15 is 0 Å². The molecule has 1 aliphatic rings. The minimum Gasteiger partial charge on any atom is -0.484 e. The standard InChI is InChI=1S/C24H32N4O2/c1-2-25-24(26-15-7-11-19-8-4-3-5-9-19)27-17-20-10-6-12-22(16-20)30-18-23(29)28-21-13-14-21/h3-6,8-10,12,16,21H,2,7,11,13-15,17-18H2,1H3,(H,28,29)(H2,25,26,27). The number of nitrogens with one attached hydrogen (secondary N) is 3. The van der Waals surface area contributed by atoms with Gasteiger partial charge in [-0.25, -0.2) is 4.99 Å². The zero-order chi connectivity index (χ0) is 21.0. The third-order valence-corrected chi connectivity index (χ3v) is 4.75. The van der Waals surface area contributed by atoms with Crippen molar-refractivity contribution >= 4 is 11.9 Å². The van der Waals surface area contributed by atoms with Crippen LogP contribution in [0.15, 0.2) is 59.6 Å². The topological polar surface area (TPSA) is 74.8 Å². The summed E-state index contributed by atoms with van der Waals surface area (Å²) in [5.74, 6) is 1.44. The van der Waals surface area contributed by atoms with Crippen LogP contribution in [-0.2, 0) is 17.8 Å². The molecule has 1 aliphatic carbocycles. The molecule has 1 saturated carbocycles. The van der Waals surface area contributed by atoms with Crippen LogP contribution in [0.1, 0.15) is 37.3 Å². The summed E-state index contributed by atoms with van der Waals surface area (Å²) >= 11 is 0. The molecule has 0 atom stereocenters. The molecule has 0 heterocycles. The van der Waals surface area contributed by atoms with Gasteiger partial charge in [-0.1, -0.05) is 42.5 Å². The second-order valence-electron chi connectivity index (χ2n) is 7.49. The molecule has 2 aromatic carbocycles. The van der Waals surface area contributed by atoms with Crippen LogP contribution in [0.25, 0.3) is 0 Å². The first-order chi connectivity index (χ1) is 14.7. The van der Waals surface area contributed by atoms with E-state index in [4.69, 9.17) is 4.74 Å². The number of ether oxygens (including phenoxy) is 1. The van der Waals surface area contributed by atoms with Crippen molar-refractivity contribution < 1.29 is 9.53 Å². The van der Waals surface area contributed by atoms with E-state index in [0.29, 0.717) is 18.3 Å². The zero-order valence-corrected chi connectivity index (χ0v) is 17.7. The van der Waals surface area contributed by atoms with Crippen molar-refractivity contribution in [2.75, 3.05) is 19.7 Å². The highest BCUT2D eigenvalue weighted by molar-refractivity contribution is 5.79. The molecular weight excluding hydrogens is 376 g/mol. The lowest BCUT2D eigenvalue weighted by atomic mass is 10.1. The van der Waals surface area contributed by atoms with E-state index in [0.717, 1.165) is 50.3 Å². The summed E-state index contributed by atoms with van der Waals surface area (Å²) in [4.78, 5) is 16.5. The monoisotopic (exact) mass is 408 g/mol. The number of carbonyl (C=O) groups excluding carboxylic acids is 1. The third kappa shape index (κ3) is 8.15. The Kier molecular flexibility index (Phi) is 8.57. The van der Waals surface area contributed by atoms with Crippen molar-refractivity contribution in [1.82, 2.24) is 16.0 Å². The van der Waals surface area contributed by atoms with Crippen LogP contribution >= 0.6 is 0 Å². The lowest BCUT2D eigenvalue weighted by molar-refractivity contribution is -0.123. The van der Waals surface area contributed by atoms with Gasteiger partial charge in [0.1, 0.15) is 5.75 Å². The number of aliphatic imine (C=N–C) groups is 1. The van der Waals surface area contributed by atoms with Gasteiger partial charge in [0.25, 0.3) is 5.91 Å². The van der Waals surface area contributed by atoms with Crippen molar-refractivity contribution in [2.24, 2.45) is 4.99 Å². The number of amides is 1. The Balaban J connectivity index is 1.44. The minimum atomic E-state index is -0.0601. The van der Waals surface area contributed by atoms with Gasteiger partial charge in [0.05, 0.1) is 6.54 Å². The van der Waals surface area contributed by atoms with Gasteiger partial charge < -0.3 is 20.7 Å². The molecule has 1 amide bonds. The van der Waals surface area contributed by atoms with Gasteiger partial charge in [-0.2, -0.15) is 0 Å². The lowest BCUT2D eigenvalue weighted by Crippen LogP contribution is -2.37. The van der Waals surface area contributed by atoms with Crippen LogP contribution in [0.5, 0.6) is 5.75 Å². The first-order valence-electron chi connectivity index (χ1n) is 10.8. The van der Waals surface area contributed by atoms with E-state index in [1.165, 1.54) is 5.56 Å². The highest BCUT2D eigenvalue weighted by Crippen LogP contribution is 2.18. The molecule has 2 aromatic rings. The molecule has 6 heteroatoms. The molecule has 1 fully saturated rings. The molecule has 0 spiro atoms. The van der Waals surface area contributed by atoms with Crippen LogP contribution < -0.4 is 20.7 Å². The summed E-state index contributed by atoms with van der Waals surface area (Å²) < 4.78 is 5.62. The minimum absolute atomic E-state index is 0.0504. The highest BCUT2D eigenvalue weighted by atomic mass is 16.5. The normalized spacial score (nSPS) is 13.6. The second-order valence-corrected chi connectivity index (χ2v) is 7.49. The van der Waals surface area contributed by atoms with Crippen LogP contribution in [0.2, 0.25) is 0 Å². The first kappa shape index (κ1) is 21.7. The number of hydrogen-bond donors (Lipinski definition) is 3. The smallest absolute Gasteiger partial charge is 0.258 e. The first-order valence-corrected chi connectivity index (χ1v) is 10.8. The third-order valence-electron chi connectivity index (χ3n) is 4.75. The summed E-state index contributed by atoms with van der Waals surface area (Å²) in [5, 5.41) is 9.60. The number of hydrogen-bond acceptors (Lipinski definition) is 3. The van der Waals surface area contributed by atoms with Crippen molar-refractivity contribution in [3.63, 3.8) is 0 Å². The Morgan fingerprint density at radius 2 is 1.87 bits per heavy atom. The van der Waals surface area contributed by atoms with E-state index in [1.54, 1.807) is 0 Å². The van der Waals surface area contributed by atoms with Gasteiger partial charge in [-0.3, -0.25) is 4.79 Å². The Labute approximate surface area is 179 Å². The molecular formula is C24H32N4O2. The molecule has 3 N–H and O–H groups in total. The fourth-order valence-electron chi connectivity index (χ4n) is 3.04. The Morgan fingerprint density at radius 3 is 2.63 bits per heavy atom. The fraction of sp³-hybridized carbons (Fsp3) is 0.417. The predicted octanol–water partition coefficient (Wildman–Crippen LogP) is 3.03. The summed E-state index contributed by atoms with van der Waals surface area (Å²) in [5.41, 5.74) is 2.39. The molecule has 6 nitrogen and oxygen atoms in total. The van der Waals surface area contributed by atoms with Gasteiger partial charge in [-0.15, -0.1) is 0 Å². The molecule has 0 aromatic heterocycles. The number of guanidine groups is 1. The largest absolute Gasteiger partial charge is 0.484 e. The molecule has 160 valence electrons. The number of carbonyl (C=O) groups is 1. The van der Waals surface area contributed by atoms with Gasteiger partial charge in [0.2, 0.25) is 0 Å². The van der Waals surface area contributed by atoms with Crippen molar-refractivity contribution in [2.45, 2.75) is 45.2 Å². The highest BCUT2D eigenvalue weighted by Gasteiger charge is 2.23. The molecule has 30 heavy (non-hydrogen) atoms. The van der Waals surface area contributed by atoms with E-state index in [2.05, 4.69) is 52.1 Å². The van der Waals surface area contributed by atoms with E-state index in [9.17, 15) is 4.79 Å². The summed E-state index contributed by atoms with van der Waals surface area (Å²) in [6.07, 6.45) is 4.24. The Hall–Kier alpha value is -3.02. The maximum absolute atomic E-state index is 11.8. The average Bonchev–Trinajstić information content (AvgIpc) is 3.58. The van der Waals surface area contributed by atoms with Gasteiger partial charge in [-0.05, 0) is 55.9 Å². The number of benzene rings is 2. The fourth-order valence-corrected chi connectivity index (χ4v) is 3.04. The number of aryl methyl sites for hydroxylation is 1. The van der Waals surface area contributed by atoms with Gasteiger partial charge in [0.15, 0.2) is 12.6 Å². The van der Waals surface area contributed by atoms with Gasteiger partial charge >= 0.3 is 0 Å². The van der Waals surface area contributed by atoms with Crippen LogP contribution in [0, 0.1) is 0 Å². The molecule has 0 saturated heterocycles. The molecule has 0 unspecified atom stereocenters. The van der Waals surface area contributed by atoms with E-state index in [-0.39, 0.29) is 12.5 Å². The predicted molar refractivity (Wildman–Crippen MR) is 121 cm³/mol. The van der Waals surface area contributed by atoms with E-state index in [1.807, 2.05) is 30.3 Å². The quantitative estimate of drug-likeness (QED) is 0.304. The summed E-state index contributed by atoms with van der Waals surface area (Å²) in [6.45, 7) is 4.32. The zero-order valence-electron chi connectivity index (χ0n) is 17.7. The maximum atomic E-state index is 11.8. The van der Waals surface area contributed by atoms with Crippen LogP contribution in [0.3, 0.4) is 0 Å². The lowest BCUT2D eigenvalue weighted by Gasteiger charge is -2.12. The van der Waals surface area contributed by atoms with Crippen molar-refractivity contribution in [3.05, 3.63) is 65.7 Å². The van der Waals surface area contributed by atoms with Crippen LogP contribution in [-0.4, -0.2) is 37.6 Å². The number of rotatable bonds is 11. The van der Waals surface area contributed by atoms with E-state index < -0.39 is 0 Å². The SMILES string of the molecule is CCNC(=NCc1cccc(OCC(=O)NC2CC2)c1)NCCCc1ccccc1. The molecule has 0 bridgehead atoms. The molecule has 0 radical (unpaired) electrons. The maximum Gasteiger partial charge on any atom is 0.258 e. The summed E-state index contributed by atoms with van der Waals surface area (Å²) in [7, 11) is 0. The Morgan fingerprint density at radius 1 is 1.07 bits per heavy atom. The second kappa shape index (κ2) is 11.9.